The number of halogens is 3. The van der Waals surface area contributed by atoms with Crippen LogP contribution in [0.15, 0.2) is 29.3 Å². The van der Waals surface area contributed by atoms with Gasteiger partial charge in [-0.2, -0.15) is 13.2 Å². The first-order chi connectivity index (χ1) is 13.9. The van der Waals surface area contributed by atoms with E-state index in [1.54, 1.807) is 7.05 Å². The number of rotatable bonds is 5. The zero-order chi connectivity index (χ0) is 20.9. The molecule has 1 atom stereocenters. The lowest BCUT2D eigenvalue weighted by atomic mass is 10.00. The van der Waals surface area contributed by atoms with Gasteiger partial charge in [-0.05, 0) is 30.9 Å². The van der Waals surface area contributed by atoms with E-state index in [-0.39, 0.29) is 0 Å². The van der Waals surface area contributed by atoms with Crippen LogP contribution in [0.25, 0.3) is 0 Å². The predicted octanol–water partition coefficient (Wildman–Crippen LogP) is 2.58. The molecule has 29 heavy (non-hydrogen) atoms. The Morgan fingerprint density at radius 1 is 1.10 bits per heavy atom. The molecular formula is C21H32F3N5. The molecule has 0 aliphatic carbocycles. The molecule has 8 heteroatoms. The summed E-state index contributed by atoms with van der Waals surface area (Å²) in [5.74, 6) is 0.785. The molecule has 0 spiro atoms. The normalized spacial score (nSPS) is 20.4. The highest BCUT2D eigenvalue weighted by molar-refractivity contribution is 5.79. The Morgan fingerprint density at radius 2 is 1.79 bits per heavy atom. The van der Waals surface area contributed by atoms with Crippen LogP contribution in [-0.2, 0) is 13.0 Å². The SMILES string of the molecule is CN=C(NCCCN1CCc2ccccc2C1)N1CCN(C(C)C(F)(F)F)CC1. The minimum Gasteiger partial charge on any atom is -0.356 e. The molecule has 1 saturated heterocycles. The van der Waals surface area contributed by atoms with Gasteiger partial charge in [0.05, 0.1) is 0 Å². The Kier molecular flexibility index (Phi) is 7.40. The van der Waals surface area contributed by atoms with Gasteiger partial charge in [-0.25, -0.2) is 0 Å². The maximum absolute atomic E-state index is 12.9. The molecule has 0 saturated carbocycles. The van der Waals surface area contributed by atoms with E-state index in [0.29, 0.717) is 26.2 Å². The number of alkyl halides is 3. The fourth-order valence-electron chi connectivity index (χ4n) is 4.11. The van der Waals surface area contributed by atoms with Crippen LogP contribution in [0.4, 0.5) is 13.2 Å². The van der Waals surface area contributed by atoms with Crippen molar-refractivity contribution in [3.05, 3.63) is 35.4 Å². The van der Waals surface area contributed by atoms with Crippen molar-refractivity contribution in [2.75, 3.05) is 52.9 Å². The number of fused-ring (bicyclic) bond motifs is 1. The van der Waals surface area contributed by atoms with Crippen molar-refractivity contribution < 1.29 is 13.2 Å². The van der Waals surface area contributed by atoms with Crippen LogP contribution in [-0.4, -0.2) is 85.7 Å². The van der Waals surface area contributed by atoms with E-state index in [2.05, 4.69) is 44.4 Å². The predicted molar refractivity (Wildman–Crippen MR) is 110 cm³/mol. The molecular weight excluding hydrogens is 379 g/mol. The van der Waals surface area contributed by atoms with Crippen LogP contribution in [0.1, 0.15) is 24.5 Å². The zero-order valence-electron chi connectivity index (χ0n) is 17.4. The molecule has 2 aliphatic heterocycles. The minimum atomic E-state index is -4.17. The fraction of sp³-hybridized carbons (Fsp3) is 0.667. The first-order valence-corrected chi connectivity index (χ1v) is 10.4. The summed E-state index contributed by atoms with van der Waals surface area (Å²) in [5.41, 5.74) is 2.88. The Balaban J connectivity index is 1.37. The van der Waals surface area contributed by atoms with Gasteiger partial charge in [0, 0.05) is 59.4 Å². The number of aliphatic imine (C=N–C) groups is 1. The highest BCUT2D eigenvalue weighted by Crippen LogP contribution is 2.25. The van der Waals surface area contributed by atoms with E-state index in [4.69, 9.17) is 0 Å². The average Bonchev–Trinajstić information content (AvgIpc) is 2.73. The molecule has 1 N–H and O–H groups in total. The molecule has 0 aromatic heterocycles. The van der Waals surface area contributed by atoms with E-state index in [1.165, 1.54) is 23.0 Å². The third-order valence-electron chi connectivity index (χ3n) is 5.99. The van der Waals surface area contributed by atoms with Crippen molar-refractivity contribution in [2.45, 2.75) is 38.5 Å². The molecule has 5 nitrogen and oxygen atoms in total. The quantitative estimate of drug-likeness (QED) is 0.459. The van der Waals surface area contributed by atoms with Crippen LogP contribution in [0.2, 0.25) is 0 Å². The van der Waals surface area contributed by atoms with Crippen molar-refractivity contribution >= 4 is 5.96 Å². The van der Waals surface area contributed by atoms with Crippen molar-refractivity contribution in [2.24, 2.45) is 4.99 Å². The summed E-state index contributed by atoms with van der Waals surface area (Å²) in [6.45, 7) is 7.07. The van der Waals surface area contributed by atoms with Gasteiger partial charge in [0.2, 0.25) is 0 Å². The second-order valence-electron chi connectivity index (χ2n) is 7.86. The maximum atomic E-state index is 12.9. The molecule has 3 rings (SSSR count). The third-order valence-corrected chi connectivity index (χ3v) is 5.99. The summed E-state index contributed by atoms with van der Waals surface area (Å²) in [6.07, 6.45) is -2.06. The Morgan fingerprint density at radius 3 is 2.45 bits per heavy atom. The number of hydrogen-bond donors (Lipinski definition) is 1. The van der Waals surface area contributed by atoms with Gasteiger partial charge in [-0.15, -0.1) is 0 Å². The fourth-order valence-corrected chi connectivity index (χ4v) is 4.11. The van der Waals surface area contributed by atoms with Crippen molar-refractivity contribution in [1.82, 2.24) is 20.0 Å². The van der Waals surface area contributed by atoms with E-state index >= 15 is 0 Å². The van der Waals surface area contributed by atoms with Gasteiger partial charge >= 0.3 is 6.18 Å². The first kappa shape index (κ1) is 21.9. The van der Waals surface area contributed by atoms with Crippen molar-refractivity contribution in [3.63, 3.8) is 0 Å². The first-order valence-electron chi connectivity index (χ1n) is 10.4. The number of nitrogens with one attached hydrogen (secondary N) is 1. The molecule has 2 heterocycles. The largest absolute Gasteiger partial charge is 0.403 e. The van der Waals surface area contributed by atoms with Crippen LogP contribution in [0, 0.1) is 0 Å². The van der Waals surface area contributed by atoms with Gasteiger partial charge in [0.1, 0.15) is 6.04 Å². The van der Waals surface area contributed by atoms with Gasteiger partial charge in [-0.1, -0.05) is 24.3 Å². The lowest BCUT2D eigenvalue weighted by Gasteiger charge is -2.39. The van der Waals surface area contributed by atoms with Gasteiger partial charge in [0.25, 0.3) is 0 Å². The van der Waals surface area contributed by atoms with Crippen LogP contribution in [0.3, 0.4) is 0 Å². The third kappa shape index (κ3) is 5.85. The zero-order valence-corrected chi connectivity index (χ0v) is 17.4. The number of benzene rings is 1. The minimum absolute atomic E-state index is 0.397. The molecule has 1 aromatic carbocycles. The number of guanidine groups is 1. The highest BCUT2D eigenvalue weighted by Gasteiger charge is 2.41. The second kappa shape index (κ2) is 9.80. The molecule has 0 amide bonds. The summed E-state index contributed by atoms with van der Waals surface area (Å²) in [5, 5.41) is 3.38. The summed E-state index contributed by atoms with van der Waals surface area (Å²) in [6, 6.07) is 7.24. The van der Waals surface area contributed by atoms with E-state index in [0.717, 1.165) is 45.0 Å². The lowest BCUT2D eigenvalue weighted by Crippen LogP contribution is -2.56. The summed E-state index contributed by atoms with van der Waals surface area (Å²) < 4.78 is 38.7. The Bertz CT molecular complexity index is 683. The van der Waals surface area contributed by atoms with Crippen molar-refractivity contribution in [1.29, 1.82) is 0 Å². The average molecular weight is 412 g/mol. The second-order valence-corrected chi connectivity index (χ2v) is 7.86. The highest BCUT2D eigenvalue weighted by atomic mass is 19.4. The van der Waals surface area contributed by atoms with Crippen LogP contribution < -0.4 is 5.32 Å². The standard InChI is InChI=1S/C21H32F3N5/c1-17(21(22,23)24)28-12-14-29(15-13-28)20(25-2)26-9-5-10-27-11-8-18-6-3-4-7-19(18)16-27/h3-4,6-7,17H,5,8-16H2,1-2H3,(H,25,26). The molecule has 162 valence electrons. The number of nitrogens with zero attached hydrogens (tertiary/aromatic N) is 4. The monoisotopic (exact) mass is 411 g/mol. The maximum Gasteiger partial charge on any atom is 0.403 e. The van der Waals surface area contributed by atoms with Crippen LogP contribution in [0.5, 0.6) is 0 Å². The topological polar surface area (TPSA) is 34.1 Å². The van der Waals surface area contributed by atoms with Gasteiger partial charge < -0.3 is 10.2 Å². The molecule has 1 unspecified atom stereocenters. The van der Waals surface area contributed by atoms with Crippen molar-refractivity contribution in [3.8, 4) is 0 Å². The summed E-state index contributed by atoms with van der Waals surface area (Å²) >= 11 is 0. The molecule has 2 aliphatic rings. The number of piperazine rings is 1. The number of hydrogen-bond acceptors (Lipinski definition) is 3. The summed E-state index contributed by atoms with van der Waals surface area (Å²) in [7, 11) is 1.73. The van der Waals surface area contributed by atoms with E-state index in [1.807, 2.05) is 0 Å². The van der Waals surface area contributed by atoms with E-state index < -0.39 is 12.2 Å². The Hall–Kier alpha value is -1.80. The van der Waals surface area contributed by atoms with Crippen LogP contribution >= 0.6 is 0 Å². The summed E-state index contributed by atoms with van der Waals surface area (Å²) in [4.78, 5) is 10.3. The molecule has 1 fully saturated rings. The molecule has 0 radical (unpaired) electrons. The lowest BCUT2D eigenvalue weighted by molar-refractivity contribution is -0.181. The Labute approximate surface area is 171 Å². The van der Waals surface area contributed by atoms with E-state index in [9.17, 15) is 13.2 Å². The molecule has 0 bridgehead atoms. The molecule has 1 aromatic rings. The van der Waals surface area contributed by atoms with Gasteiger partial charge in [-0.3, -0.25) is 14.8 Å². The smallest absolute Gasteiger partial charge is 0.356 e. The van der Waals surface area contributed by atoms with Gasteiger partial charge in [0.15, 0.2) is 5.96 Å².